The maximum Gasteiger partial charge on any atom is 0.410 e. The van der Waals surface area contributed by atoms with Gasteiger partial charge in [0, 0.05) is 26.2 Å². The fourth-order valence-corrected chi connectivity index (χ4v) is 4.01. The van der Waals surface area contributed by atoms with Crippen LogP contribution in [0.3, 0.4) is 0 Å². The van der Waals surface area contributed by atoms with Crippen molar-refractivity contribution in [1.29, 1.82) is 0 Å². The Bertz CT molecular complexity index is 1170. The van der Waals surface area contributed by atoms with Gasteiger partial charge in [-0.1, -0.05) is 54.6 Å². The lowest BCUT2D eigenvalue weighted by Gasteiger charge is -2.22. The van der Waals surface area contributed by atoms with Gasteiger partial charge in [0.05, 0.1) is 13.2 Å². The third kappa shape index (κ3) is 12.0. The van der Waals surface area contributed by atoms with Gasteiger partial charge in [0.2, 0.25) is 0 Å². The molecule has 3 aromatic carbocycles. The number of unbranched alkanes of at least 4 members (excludes halogenated alkanes) is 1. The highest BCUT2D eigenvalue weighted by Gasteiger charge is 2.18. The SMILES string of the molecule is CCOC(Cc1ccc(OCCN(CCCCOCc2ccc(F)cc2)C(=O)OCc2ccccc2)cc1)C(=O)O. The van der Waals surface area contributed by atoms with Gasteiger partial charge in [0.25, 0.3) is 0 Å². The molecule has 0 aliphatic carbocycles. The Morgan fingerprint density at radius 3 is 2.20 bits per heavy atom. The van der Waals surface area contributed by atoms with Crippen LogP contribution in [0.15, 0.2) is 78.9 Å². The number of hydrogen-bond acceptors (Lipinski definition) is 6. The van der Waals surface area contributed by atoms with Gasteiger partial charge in [-0.15, -0.1) is 0 Å². The Morgan fingerprint density at radius 1 is 0.829 bits per heavy atom. The number of benzene rings is 3. The van der Waals surface area contributed by atoms with Crippen LogP contribution in [-0.2, 0) is 38.6 Å². The topological polar surface area (TPSA) is 94.5 Å². The molecule has 0 aromatic heterocycles. The first-order chi connectivity index (χ1) is 19.9. The second kappa shape index (κ2) is 17.7. The van der Waals surface area contributed by atoms with Crippen LogP contribution in [-0.4, -0.2) is 61.1 Å². The molecule has 9 heteroatoms. The highest BCUT2D eigenvalue weighted by Crippen LogP contribution is 2.15. The highest BCUT2D eigenvalue weighted by atomic mass is 19.1. The number of rotatable bonds is 18. The number of nitrogens with zero attached hydrogens (tertiary/aromatic N) is 1. The zero-order valence-electron chi connectivity index (χ0n) is 23.4. The lowest BCUT2D eigenvalue weighted by molar-refractivity contribution is -0.149. The normalized spacial score (nSPS) is 11.6. The van der Waals surface area contributed by atoms with Crippen LogP contribution >= 0.6 is 0 Å². The van der Waals surface area contributed by atoms with Crippen molar-refractivity contribution in [2.45, 2.75) is 45.5 Å². The quantitative estimate of drug-likeness (QED) is 0.192. The van der Waals surface area contributed by atoms with Crippen molar-refractivity contribution in [3.8, 4) is 5.75 Å². The first-order valence-corrected chi connectivity index (χ1v) is 13.8. The Kier molecular flexibility index (Phi) is 13.6. The van der Waals surface area contributed by atoms with Gasteiger partial charge in [0.15, 0.2) is 6.10 Å². The molecule has 3 aromatic rings. The van der Waals surface area contributed by atoms with Crippen LogP contribution in [0.4, 0.5) is 9.18 Å². The summed E-state index contributed by atoms with van der Waals surface area (Å²) in [5, 5.41) is 9.29. The molecule has 1 atom stereocenters. The van der Waals surface area contributed by atoms with E-state index in [9.17, 15) is 19.1 Å². The summed E-state index contributed by atoms with van der Waals surface area (Å²) in [6, 6.07) is 22.9. The number of carboxylic acids is 1. The molecule has 0 bridgehead atoms. The molecule has 8 nitrogen and oxygen atoms in total. The van der Waals surface area contributed by atoms with Crippen molar-refractivity contribution in [3.05, 3.63) is 101 Å². The summed E-state index contributed by atoms with van der Waals surface area (Å²) in [4.78, 5) is 25.8. The lowest BCUT2D eigenvalue weighted by Crippen LogP contribution is -2.36. The van der Waals surface area contributed by atoms with E-state index in [1.54, 1.807) is 36.1 Å². The third-order valence-electron chi connectivity index (χ3n) is 6.23. The standard InChI is InChI=1S/C32H38FNO7/c1-2-39-30(31(35)36)22-25-12-16-29(17-13-25)40-21-19-34(32(37)41-24-26-8-4-3-5-9-26)18-6-7-20-38-23-27-10-14-28(33)15-11-27/h3-5,8-17,30H,2,6-7,18-24H2,1H3,(H,35,36). The number of amides is 1. The van der Waals surface area contributed by atoms with E-state index in [1.807, 2.05) is 42.5 Å². The van der Waals surface area contributed by atoms with Crippen LogP contribution in [0.25, 0.3) is 0 Å². The van der Waals surface area contributed by atoms with E-state index in [1.165, 1.54) is 12.1 Å². The molecule has 220 valence electrons. The molecule has 41 heavy (non-hydrogen) atoms. The average molecular weight is 568 g/mol. The second-order valence-corrected chi connectivity index (χ2v) is 9.39. The molecule has 3 rings (SSSR count). The number of aliphatic carboxylic acids is 1. The fourth-order valence-electron chi connectivity index (χ4n) is 4.01. The maximum absolute atomic E-state index is 13.0. The van der Waals surface area contributed by atoms with Crippen molar-refractivity contribution in [1.82, 2.24) is 4.90 Å². The Hall–Kier alpha value is -3.95. The van der Waals surface area contributed by atoms with Crippen LogP contribution in [0.1, 0.15) is 36.5 Å². The Morgan fingerprint density at radius 2 is 1.51 bits per heavy atom. The molecular formula is C32H38FNO7. The van der Waals surface area contributed by atoms with Crippen molar-refractivity contribution in [3.63, 3.8) is 0 Å². The van der Waals surface area contributed by atoms with Crippen LogP contribution in [0, 0.1) is 5.82 Å². The van der Waals surface area contributed by atoms with Gasteiger partial charge in [-0.05, 0) is 60.7 Å². The molecule has 0 spiro atoms. The van der Waals surface area contributed by atoms with Gasteiger partial charge in [0.1, 0.15) is 24.8 Å². The van der Waals surface area contributed by atoms with Crippen LogP contribution in [0.5, 0.6) is 5.75 Å². The molecule has 1 N–H and O–H groups in total. The van der Waals surface area contributed by atoms with Crippen LogP contribution in [0.2, 0.25) is 0 Å². The molecule has 0 aliphatic rings. The largest absolute Gasteiger partial charge is 0.492 e. The van der Waals surface area contributed by atoms with E-state index in [2.05, 4.69) is 0 Å². The van der Waals surface area contributed by atoms with E-state index in [4.69, 9.17) is 18.9 Å². The number of carboxylic acid groups (broad SMARTS) is 1. The number of carbonyl (C=O) groups is 2. The molecule has 1 amide bonds. The molecule has 0 aliphatic heterocycles. The summed E-state index contributed by atoms with van der Waals surface area (Å²) in [7, 11) is 0. The molecule has 1 unspecified atom stereocenters. The monoisotopic (exact) mass is 567 g/mol. The Balaban J connectivity index is 1.46. The van der Waals surface area contributed by atoms with Crippen LogP contribution < -0.4 is 4.74 Å². The predicted octanol–water partition coefficient (Wildman–Crippen LogP) is 5.87. The van der Waals surface area contributed by atoms with Crippen molar-refractivity contribution >= 4 is 12.1 Å². The maximum atomic E-state index is 13.0. The van der Waals surface area contributed by atoms with Crippen molar-refractivity contribution in [2.75, 3.05) is 32.9 Å². The average Bonchev–Trinajstić information content (AvgIpc) is 2.98. The molecule has 0 saturated carbocycles. The third-order valence-corrected chi connectivity index (χ3v) is 6.23. The van der Waals surface area contributed by atoms with Gasteiger partial charge in [-0.2, -0.15) is 0 Å². The molecule has 0 radical (unpaired) electrons. The minimum atomic E-state index is -0.995. The predicted molar refractivity (Wildman–Crippen MR) is 152 cm³/mol. The summed E-state index contributed by atoms with van der Waals surface area (Å²) >= 11 is 0. The van der Waals surface area contributed by atoms with E-state index in [0.29, 0.717) is 45.1 Å². The summed E-state index contributed by atoms with van der Waals surface area (Å²) in [6.07, 6.45) is 0.401. The number of hydrogen-bond donors (Lipinski definition) is 1. The minimum absolute atomic E-state index is 0.179. The fraction of sp³-hybridized carbons (Fsp3) is 0.375. The van der Waals surface area contributed by atoms with Crippen molar-refractivity contribution < 1.29 is 38.0 Å². The Labute approximate surface area is 240 Å². The zero-order chi connectivity index (χ0) is 29.3. The summed E-state index contributed by atoms with van der Waals surface area (Å²) in [5.74, 6) is -0.657. The summed E-state index contributed by atoms with van der Waals surface area (Å²) < 4.78 is 35.4. The van der Waals surface area contributed by atoms with E-state index < -0.39 is 18.2 Å². The van der Waals surface area contributed by atoms with Crippen molar-refractivity contribution in [2.24, 2.45) is 0 Å². The van der Waals surface area contributed by atoms with Gasteiger partial charge >= 0.3 is 12.1 Å². The summed E-state index contributed by atoms with van der Waals surface area (Å²) in [6.45, 7) is 4.25. The summed E-state index contributed by atoms with van der Waals surface area (Å²) in [5.41, 5.74) is 2.63. The van der Waals surface area contributed by atoms with Gasteiger partial charge in [-0.3, -0.25) is 0 Å². The zero-order valence-corrected chi connectivity index (χ0v) is 23.4. The molecular weight excluding hydrogens is 529 g/mol. The minimum Gasteiger partial charge on any atom is -0.492 e. The highest BCUT2D eigenvalue weighted by molar-refractivity contribution is 5.72. The van der Waals surface area contributed by atoms with E-state index in [0.717, 1.165) is 23.1 Å². The van der Waals surface area contributed by atoms with E-state index in [-0.39, 0.29) is 25.5 Å². The van der Waals surface area contributed by atoms with Gasteiger partial charge in [-0.25, -0.2) is 14.0 Å². The lowest BCUT2D eigenvalue weighted by atomic mass is 10.1. The number of halogens is 1. The number of ether oxygens (including phenoxy) is 4. The smallest absolute Gasteiger partial charge is 0.410 e. The van der Waals surface area contributed by atoms with Gasteiger partial charge < -0.3 is 29.0 Å². The molecule has 0 fully saturated rings. The van der Waals surface area contributed by atoms with E-state index >= 15 is 0 Å². The molecule has 0 saturated heterocycles. The molecule has 0 heterocycles. The first kappa shape index (κ1) is 31.6. The second-order valence-electron chi connectivity index (χ2n) is 9.39. The number of carbonyl (C=O) groups excluding carboxylic acids is 1. The first-order valence-electron chi connectivity index (χ1n) is 13.8.